The molecule has 7 heteroatoms. The van der Waals surface area contributed by atoms with Gasteiger partial charge in [-0.3, -0.25) is 9.69 Å². The second kappa shape index (κ2) is 6.66. The zero-order valence-electron chi connectivity index (χ0n) is 13.7. The van der Waals surface area contributed by atoms with Crippen LogP contribution in [0.25, 0.3) is 0 Å². The van der Waals surface area contributed by atoms with E-state index in [9.17, 15) is 4.79 Å². The largest absolute Gasteiger partial charge is 0.375 e. The third-order valence-corrected chi connectivity index (χ3v) is 5.41. The molecular weight excluding hydrogens is 326 g/mol. The summed E-state index contributed by atoms with van der Waals surface area (Å²) in [5.74, 6) is 1.30. The highest BCUT2D eigenvalue weighted by molar-refractivity contribution is 7.08. The third-order valence-electron chi connectivity index (χ3n) is 4.72. The van der Waals surface area contributed by atoms with E-state index < -0.39 is 0 Å². The highest BCUT2D eigenvalue weighted by Crippen LogP contribution is 2.26. The average Bonchev–Trinajstić information content (AvgIpc) is 3.27. The highest BCUT2D eigenvalue weighted by Gasteiger charge is 2.37. The van der Waals surface area contributed by atoms with Crippen molar-refractivity contribution in [2.75, 3.05) is 32.8 Å². The summed E-state index contributed by atoms with van der Waals surface area (Å²) < 4.78 is 11.2. The van der Waals surface area contributed by atoms with Crippen molar-refractivity contribution in [2.24, 2.45) is 5.92 Å². The number of carbonyl (C=O) groups is 1. The van der Waals surface area contributed by atoms with E-state index in [0.717, 1.165) is 43.2 Å². The van der Waals surface area contributed by atoms with Crippen LogP contribution in [0.5, 0.6) is 0 Å². The fourth-order valence-electron chi connectivity index (χ4n) is 3.58. The normalized spacial score (nSPS) is 24.8. The van der Waals surface area contributed by atoms with Crippen molar-refractivity contribution < 1.29 is 14.1 Å². The van der Waals surface area contributed by atoms with E-state index in [4.69, 9.17) is 9.26 Å². The molecule has 128 valence electrons. The molecule has 24 heavy (non-hydrogen) atoms. The first-order chi connectivity index (χ1) is 11.7. The molecule has 0 spiro atoms. The number of aryl methyl sites for hydroxylation is 1. The van der Waals surface area contributed by atoms with E-state index in [0.29, 0.717) is 19.1 Å². The molecule has 0 aliphatic carbocycles. The lowest BCUT2D eigenvalue weighted by Gasteiger charge is -2.23. The van der Waals surface area contributed by atoms with Crippen molar-refractivity contribution in [3.63, 3.8) is 0 Å². The maximum Gasteiger partial charge on any atom is 0.254 e. The monoisotopic (exact) mass is 347 g/mol. The van der Waals surface area contributed by atoms with E-state index in [2.05, 4.69) is 10.1 Å². The van der Waals surface area contributed by atoms with Crippen LogP contribution in [-0.2, 0) is 11.3 Å². The number of ether oxygens (including phenoxy) is 1. The summed E-state index contributed by atoms with van der Waals surface area (Å²) in [4.78, 5) is 16.9. The summed E-state index contributed by atoms with van der Waals surface area (Å²) in [5, 5.41) is 7.93. The van der Waals surface area contributed by atoms with Gasteiger partial charge in [0.25, 0.3) is 5.91 Å². The first-order valence-corrected chi connectivity index (χ1v) is 9.21. The molecule has 0 unspecified atom stereocenters. The van der Waals surface area contributed by atoms with Crippen molar-refractivity contribution >= 4 is 17.2 Å². The van der Waals surface area contributed by atoms with E-state index >= 15 is 0 Å². The molecule has 0 saturated carbocycles. The molecule has 1 amide bonds. The van der Waals surface area contributed by atoms with E-state index in [1.165, 1.54) is 0 Å². The van der Waals surface area contributed by atoms with Gasteiger partial charge < -0.3 is 14.2 Å². The Bertz CT molecular complexity index is 700. The average molecular weight is 347 g/mol. The first-order valence-electron chi connectivity index (χ1n) is 8.26. The molecule has 4 rings (SSSR count). The summed E-state index contributed by atoms with van der Waals surface area (Å²) >= 11 is 1.56. The Morgan fingerprint density at radius 2 is 2.33 bits per heavy atom. The summed E-state index contributed by atoms with van der Waals surface area (Å²) in [6, 6.07) is 3.87. The van der Waals surface area contributed by atoms with E-state index in [1.807, 2.05) is 34.7 Å². The Morgan fingerprint density at radius 3 is 3.08 bits per heavy atom. The lowest BCUT2D eigenvalue weighted by Crippen LogP contribution is -2.37. The van der Waals surface area contributed by atoms with Gasteiger partial charge in [0.2, 0.25) is 0 Å². The number of rotatable bonds is 3. The fourth-order valence-corrected chi connectivity index (χ4v) is 4.21. The SMILES string of the molecule is Cc1cc(CN2C[C@@H]3CN(C(=O)c4ccsc4)CCO[C@@H]3C2)no1. The van der Waals surface area contributed by atoms with Gasteiger partial charge in [0.1, 0.15) is 5.76 Å². The zero-order valence-corrected chi connectivity index (χ0v) is 14.5. The first kappa shape index (κ1) is 15.8. The topological polar surface area (TPSA) is 58.8 Å². The molecule has 2 atom stereocenters. The predicted molar refractivity (Wildman–Crippen MR) is 90.0 cm³/mol. The Kier molecular flexibility index (Phi) is 4.39. The smallest absolute Gasteiger partial charge is 0.254 e. The molecule has 2 saturated heterocycles. The van der Waals surface area contributed by atoms with Crippen molar-refractivity contribution in [2.45, 2.75) is 19.6 Å². The fraction of sp³-hybridized carbons (Fsp3) is 0.529. The number of amides is 1. The standard InChI is InChI=1S/C17H21N3O3S/c1-12-6-15(18-23-12)9-19-7-14-8-20(3-4-22-16(14)10-19)17(21)13-2-5-24-11-13/h2,5-6,11,14,16H,3-4,7-10H2,1H3/t14-,16-/m1/s1. The molecule has 0 bridgehead atoms. The van der Waals surface area contributed by atoms with Gasteiger partial charge in [-0.25, -0.2) is 0 Å². The summed E-state index contributed by atoms with van der Waals surface area (Å²) in [5.41, 5.74) is 1.74. The van der Waals surface area contributed by atoms with Crippen LogP contribution >= 0.6 is 11.3 Å². The number of aromatic nitrogens is 1. The minimum Gasteiger partial charge on any atom is -0.375 e. The quantitative estimate of drug-likeness (QED) is 0.850. The van der Waals surface area contributed by atoms with E-state index in [-0.39, 0.29) is 12.0 Å². The van der Waals surface area contributed by atoms with Crippen LogP contribution in [0, 0.1) is 12.8 Å². The Hall–Kier alpha value is -1.70. The number of likely N-dealkylation sites (tertiary alicyclic amines) is 1. The molecular formula is C17H21N3O3S. The second-order valence-electron chi connectivity index (χ2n) is 6.56. The molecule has 6 nitrogen and oxygen atoms in total. The van der Waals surface area contributed by atoms with Gasteiger partial charge in [-0.1, -0.05) is 5.16 Å². The van der Waals surface area contributed by atoms with Crippen LogP contribution in [0.15, 0.2) is 27.4 Å². The van der Waals surface area contributed by atoms with Gasteiger partial charge in [0.15, 0.2) is 0 Å². The Labute approximate surface area is 145 Å². The minimum atomic E-state index is 0.117. The molecule has 2 aromatic heterocycles. The van der Waals surface area contributed by atoms with Crippen molar-refractivity contribution in [1.82, 2.24) is 15.0 Å². The lowest BCUT2D eigenvalue weighted by atomic mass is 10.1. The van der Waals surface area contributed by atoms with Crippen LogP contribution < -0.4 is 0 Å². The van der Waals surface area contributed by atoms with Gasteiger partial charge >= 0.3 is 0 Å². The van der Waals surface area contributed by atoms with Crippen molar-refractivity contribution in [3.8, 4) is 0 Å². The number of thiophene rings is 1. The Morgan fingerprint density at radius 1 is 1.42 bits per heavy atom. The number of nitrogens with zero attached hydrogens (tertiary/aromatic N) is 3. The summed E-state index contributed by atoms with van der Waals surface area (Å²) in [6.07, 6.45) is 0.193. The number of hydrogen-bond acceptors (Lipinski definition) is 6. The van der Waals surface area contributed by atoms with E-state index in [1.54, 1.807) is 11.3 Å². The van der Waals surface area contributed by atoms with Gasteiger partial charge in [0.05, 0.1) is 24.0 Å². The van der Waals surface area contributed by atoms with Crippen LogP contribution in [-0.4, -0.2) is 59.8 Å². The van der Waals surface area contributed by atoms with Crippen LogP contribution in [0.4, 0.5) is 0 Å². The van der Waals surface area contributed by atoms with Crippen LogP contribution in [0.2, 0.25) is 0 Å². The van der Waals surface area contributed by atoms with Gasteiger partial charge in [-0.15, -0.1) is 0 Å². The molecule has 2 aliphatic rings. The summed E-state index contributed by atoms with van der Waals surface area (Å²) in [6.45, 7) is 6.51. The van der Waals surface area contributed by atoms with Gasteiger partial charge in [-0.05, 0) is 18.4 Å². The molecule has 2 aliphatic heterocycles. The molecule has 2 aromatic rings. The molecule has 0 radical (unpaired) electrons. The molecule has 4 heterocycles. The number of carbonyl (C=O) groups excluding carboxylic acids is 1. The zero-order chi connectivity index (χ0) is 16.5. The minimum absolute atomic E-state index is 0.117. The number of hydrogen-bond donors (Lipinski definition) is 0. The molecule has 0 aromatic carbocycles. The lowest BCUT2D eigenvalue weighted by molar-refractivity contribution is 0.0500. The molecule has 0 N–H and O–H groups in total. The molecule has 2 fully saturated rings. The third kappa shape index (κ3) is 3.24. The van der Waals surface area contributed by atoms with Crippen molar-refractivity contribution in [1.29, 1.82) is 0 Å². The Balaban J connectivity index is 1.40. The maximum absolute atomic E-state index is 12.6. The highest BCUT2D eigenvalue weighted by atomic mass is 32.1. The van der Waals surface area contributed by atoms with Crippen LogP contribution in [0.1, 0.15) is 21.8 Å². The number of fused-ring (bicyclic) bond motifs is 1. The second-order valence-corrected chi connectivity index (χ2v) is 7.34. The van der Waals surface area contributed by atoms with Gasteiger partial charge in [0, 0.05) is 50.1 Å². The maximum atomic E-state index is 12.6. The van der Waals surface area contributed by atoms with Crippen LogP contribution in [0.3, 0.4) is 0 Å². The van der Waals surface area contributed by atoms with Crippen molar-refractivity contribution in [3.05, 3.63) is 39.9 Å². The summed E-state index contributed by atoms with van der Waals surface area (Å²) in [7, 11) is 0. The predicted octanol–water partition coefficient (Wildman–Crippen LogP) is 2.02. The van der Waals surface area contributed by atoms with Gasteiger partial charge in [-0.2, -0.15) is 11.3 Å².